The molecule has 2 rings (SSSR count). The first kappa shape index (κ1) is 12.0. The molecule has 3 nitrogen and oxygen atoms in total. The van der Waals surface area contributed by atoms with E-state index in [2.05, 4.69) is 21.7 Å². The van der Waals surface area contributed by atoms with Crippen LogP contribution in [0.25, 0.3) is 0 Å². The fourth-order valence-electron chi connectivity index (χ4n) is 1.84. The fourth-order valence-corrected chi connectivity index (χ4v) is 3.65. The molecule has 0 aromatic carbocycles. The number of nitrogens with zero attached hydrogens (tertiary/aromatic N) is 1. The molecule has 2 heterocycles. The summed E-state index contributed by atoms with van der Waals surface area (Å²) < 4.78 is 0. The van der Waals surface area contributed by atoms with Crippen LogP contribution in [-0.2, 0) is 11.2 Å². The standard InChI is InChI=1S/C11H15NO2S2/c13-11(14)10-8-16-6-4-12(10)3-1-9-2-5-15-7-9/h2,5,7,10H,1,3-4,6,8H2,(H,13,14). The average Bonchev–Trinajstić information content (AvgIpc) is 2.79. The minimum atomic E-state index is -0.683. The zero-order chi connectivity index (χ0) is 11.4. The first-order valence-corrected chi connectivity index (χ1v) is 7.43. The maximum absolute atomic E-state index is 11.1. The maximum Gasteiger partial charge on any atom is 0.321 e. The average molecular weight is 257 g/mol. The summed E-state index contributed by atoms with van der Waals surface area (Å²) in [5.74, 6) is 1.09. The van der Waals surface area contributed by atoms with Crippen molar-refractivity contribution in [2.24, 2.45) is 0 Å². The number of carbonyl (C=O) groups is 1. The molecule has 0 bridgehead atoms. The van der Waals surface area contributed by atoms with E-state index in [0.29, 0.717) is 0 Å². The Hall–Kier alpha value is -0.520. The second-order valence-electron chi connectivity index (χ2n) is 3.85. The predicted octanol–water partition coefficient (Wildman–Crippen LogP) is 1.79. The molecule has 1 aromatic rings. The van der Waals surface area contributed by atoms with Gasteiger partial charge in [0.25, 0.3) is 0 Å². The number of carboxylic acids is 1. The van der Waals surface area contributed by atoms with Gasteiger partial charge in [0.15, 0.2) is 0 Å². The quantitative estimate of drug-likeness (QED) is 0.893. The number of hydrogen-bond donors (Lipinski definition) is 1. The molecular weight excluding hydrogens is 242 g/mol. The van der Waals surface area contributed by atoms with Crippen molar-refractivity contribution in [1.82, 2.24) is 4.90 Å². The molecule has 0 saturated carbocycles. The third-order valence-corrected chi connectivity index (χ3v) is 4.55. The van der Waals surface area contributed by atoms with Crippen LogP contribution in [0.2, 0.25) is 0 Å². The molecule has 0 spiro atoms. The highest BCUT2D eigenvalue weighted by molar-refractivity contribution is 7.99. The van der Waals surface area contributed by atoms with Gasteiger partial charge < -0.3 is 5.11 Å². The highest BCUT2D eigenvalue weighted by Gasteiger charge is 2.28. The Morgan fingerprint density at radius 2 is 2.50 bits per heavy atom. The predicted molar refractivity (Wildman–Crippen MR) is 68.3 cm³/mol. The van der Waals surface area contributed by atoms with E-state index < -0.39 is 5.97 Å². The van der Waals surface area contributed by atoms with E-state index in [1.807, 2.05) is 0 Å². The minimum absolute atomic E-state index is 0.294. The fraction of sp³-hybridized carbons (Fsp3) is 0.545. The van der Waals surface area contributed by atoms with Crippen molar-refractivity contribution >= 4 is 29.1 Å². The van der Waals surface area contributed by atoms with E-state index in [-0.39, 0.29) is 6.04 Å². The lowest BCUT2D eigenvalue weighted by Crippen LogP contribution is -2.47. The molecular formula is C11H15NO2S2. The van der Waals surface area contributed by atoms with Gasteiger partial charge in [-0.1, -0.05) is 0 Å². The van der Waals surface area contributed by atoms with E-state index in [0.717, 1.165) is 31.0 Å². The number of rotatable bonds is 4. The molecule has 88 valence electrons. The van der Waals surface area contributed by atoms with Crippen LogP contribution >= 0.6 is 23.1 Å². The second kappa shape index (κ2) is 5.70. The van der Waals surface area contributed by atoms with Crippen molar-refractivity contribution in [3.8, 4) is 0 Å². The Kier molecular flexibility index (Phi) is 4.26. The lowest BCUT2D eigenvalue weighted by Gasteiger charge is -2.32. The number of thiophene rings is 1. The van der Waals surface area contributed by atoms with Crippen LogP contribution in [-0.4, -0.2) is 46.6 Å². The van der Waals surface area contributed by atoms with Gasteiger partial charge in [-0.15, -0.1) is 0 Å². The van der Waals surface area contributed by atoms with Gasteiger partial charge in [0.1, 0.15) is 6.04 Å². The molecule has 1 aromatic heterocycles. The van der Waals surface area contributed by atoms with Gasteiger partial charge >= 0.3 is 5.97 Å². The normalized spacial score (nSPS) is 22.1. The number of thioether (sulfide) groups is 1. The highest BCUT2D eigenvalue weighted by Crippen LogP contribution is 2.17. The Morgan fingerprint density at radius 1 is 1.62 bits per heavy atom. The molecule has 0 radical (unpaired) electrons. The minimum Gasteiger partial charge on any atom is -0.480 e. The lowest BCUT2D eigenvalue weighted by molar-refractivity contribution is -0.142. The summed E-state index contributed by atoms with van der Waals surface area (Å²) in [4.78, 5) is 13.2. The van der Waals surface area contributed by atoms with E-state index >= 15 is 0 Å². The molecule has 5 heteroatoms. The van der Waals surface area contributed by atoms with Gasteiger partial charge in [-0.25, -0.2) is 0 Å². The van der Waals surface area contributed by atoms with Crippen molar-refractivity contribution in [1.29, 1.82) is 0 Å². The third kappa shape index (κ3) is 2.99. The van der Waals surface area contributed by atoms with Crippen molar-refractivity contribution in [2.45, 2.75) is 12.5 Å². The Labute approximate surface area is 103 Å². The second-order valence-corrected chi connectivity index (χ2v) is 5.78. The van der Waals surface area contributed by atoms with Gasteiger partial charge in [-0.05, 0) is 28.8 Å². The monoisotopic (exact) mass is 257 g/mol. The van der Waals surface area contributed by atoms with E-state index in [9.17, 15) is 4.79 Å². The largest absolute Gasteiger partial charge is 0.480 e. The van der Waals surface area contributed by atoms with E-state index in [4.69, 9.17) is 5.11 Å². The van der Waals surface area contributed by atoms with Gasteiger partial charge in [0, 0.05) is 24.6 Å². The van der Waals surface area contributed by atoms with Gasteiger partial charge in [-0.2, -0.15) is 23.1 Å². The summed E-state index contributed by atoms with van der Waals surface area (Å²) in [7, 11) is 0. The summed E-state index contributed by atoms with van der Waals surface area (Å²) >= 11 is 3.43. The van der Waals surface area contributed by atoms with Gasteiger partial charge in [0.05, 0.1) is 0 Å². The molecule has 1 aliphatic heterocycles. The van der Waals surface area contributed by atoms with Crippen LogP contribution in [0.5, 0.6) is 0 Å². The van der Waals surface area contributed by atoms with Crippen molar-refractivity contribution in [3.05, 3.63) is 22.4 Å². The molecule has 1 atom stereocenters. The summed E-state index contributed by atoms with van der Waals surface area (Å²) in [5.41, 5.74) is 1.31. The molecule has 0 amide bonds. The Balaban J connectivity index is 1.89. The van der Waals surface area contributed by atoms with Gasteiger partial charge in [0.2, 0.25) is 0 Å². The van der Waals surface area contributed by atoms with Crippen LogP contribution in [0, 0.1) is 0 Å². The van der Waals surface area contributed by atoms with E-state index in [1.54, 1.807) is 23.1 Å². The van der Waals surface area contributed by atoms with Crippen molar-refractivity contribution in [2.75, 3.05) is 24.6 Å². The van der Waals surface area contributed by atoms with Crippen LogP contribution in [0.1, 0.15) is 5.56 Å². The highest BCUT2D eigenvalue weighted by atomic mass is 32.2. The topological polar surface area (TPSA) is 40.5 Å². The van der Waals surface area contributed by atoms with Crippen LogP contribution in [0.4, 0.5) is 0 Å². The van der Waals surface area contributed by atoms with Crippen molar-refractivity contribution < 1.29 is 9.90 Å². The summed E-state index contributed by atoms with van der Waals surface area (Å²) in [6, 6.07) is 1.82. The summed E-state index contributed by atoms with van der Waals surface area (Å²) in [6.45, 7) is 1.75. The molecule has 16 heavy (non-hydrogen) atoms. The molecule has 1 N–H and O–H groups in total. The first-order valence-electron chi connectivity index (χ1n) is 5.33. The molecule has 1 saturated heterocycles. The van der Waals surface area contributed by atoms with Crippen molar-refractivity contribution in [3.63, 3.8) is 0 Å². The SMILES string of the molecule is O=C(O)C1CSCCN1CCc1ccsc1. The summed E-state index contributed by atoms with van der Waals surface area (Å²) in [5, 5.41) is 13.3. The molecule has 1 fully saturated rings. The molecule has 0 aliphatic carbocycles. The first-order chi connectivity index (χ1) is 7.77. The number of carboxylic acid groups (broad SMARTS) is 1. The summed E-state index contributed by atoms with van der Waals surface area (Å²) in [6.07, 6.45) is 0.956. The van der Waals surface area contributed by atoms with Crippen LogP contribution < -0.4 is 0 Å². The molecule has 1 unspecified atom stereocenters. The number of aliphatic carboxylic acids is 1. The third-order valence-electron chi connectivity index (χ3n) is 2.79. The maximum atomic E-state index is 11.1. The molecule has 1 aliphatic rings. The Bertz CT molecular complexity index is 340. The van der Waals surface area contributed by atoms with Crippen LogP contribution in [0.3, 0.4) is 0 Å². The zero-order valence-corrected chi connectivity index (χ0v) is 10.6. The smallest absolute Gasteiger partial charge is 0.321 e. The lowest BCUT2D eigenvalue weighted by atomic mass is 10.2. The zero-order valence-electron chi connectivity index (χ0n) is 8.96. The number of hydrogen-bond acceptors (Lipinski definition) is 4. The van der Waals surface area contributed by atoms with Crippen LogP contribution in [0.15, 0.2) is 16.8 Å². The Morgan fingerprint density at radius 3 is 3.19 bits per heavy atom. The van der Waals surface area contributed by atoms with E-state index in [1.165, 1.54) is 5.56 Å². The van der Waals surface area contributed by atoms with Gasteiger partial charge in [-0.3, -0.25) is 9.69 Å².